The van der Waals surface area contributed by atoms with Gasteiger partial charge < -0.3 is 0 Å². The van der Waals surface area contributed by atoms with Gasteiger partial charge in [-0.3, -0.25) is 4.90 Å². The van der Waals surface area contributed by atoms with Gasteiger partial charge in [-0.15, -0.1) is 0 Å². The summed E-state index contributed by atoms with van der Waals surface area (Å²) >= 11 is 12.3. The molecule has 1 heterocycles. The summed E-state index contributed by atoms with van der Waals surface area (Å²) in [4.78, 5) is 2.50. The van der Waals surface area contributed by atoms with E-state index in [1.54, 1.807) is 0 Å². The number of likely N-dealkylation sites (tertiary alicyclic amines) is 1. The van der Waals surface area contributed by atoms with E-state index in [2.05, 4.69) is 11.0 Å². The Labute approximate surface area is 114 Å². The average Bonchev–Trinajstić information content (AvgIpc) is 2.28. The Morgan fingerprint density at radius 3 is 2.29 bits per heavy atom. The van der Waals surface area contributed by atoms with E-state index in [9.17, 15) is 0 Å². The molecule has 1 aliphatic heterocycles. The van der Waals surface area contributed by atoms with Crippen molar-refractivity contribution in [3.63, 3.8) is 0 Å². The largest absolute Gasteiger partial charge is 0.299 e. The van der Waals surface area contributed by atoms with Gasteiger partial charge in [-0.25, -0.2) is 0 Å². The molecule has 0 unspecified atom stereocenters. The van der Waals surface area contributed by atoms with Crippen LogP contribution in [-0.2, 0) is 6.54 Å². The lowest BCUT2D eigenvalue weighted by Gasteiger charge is -2.25. The number of hydrogen-bond donors (Lipinski definition) is 0. The van der Waals surface area contributed by atoms with Crippen LogP contribution in [-0.4, -0.2) is 18.0 Å². The lowest BCUT2D eigenvalue weighted by Crippen LogP contribution is -2.27. The summed E-state index contributed by atoms with van der Waals surface area (Å²) < 4.78 is 0. The SMILES string of the molecule is Clc1cccc(CN2CCCCCCC2)c1Cl. The Bertz CT molecular complexity index is 357. The van der Waals surface area contributed by atoms with Crippen LogP contribution in [0.3, 0.4) is 0 Å². The zero-order valence-corrected chi connectivity index (χ0v) is 11.6. The summed E-state index contributed by atoms with van der Waals surface area (Å²) in [5, 5.41) is 1.38. The molecule has 0 amide bonds. The molecular weight excluding hydrogens is 253 g/mol. The molecule has 2 rings (SSSR count). The molecule has 1 nitrogen and oxygen atoms in total. The molecule has 0 aliphatic carbocycles. The van der Waals surface area contributed by atoms with E-state index in [0.29, 0.717) is 5.02 Å². The fourth-order valence-corrected chi connectivity index (χ4v) is 2.76. The molecule has 1 saturated heterocycles. The lowest BCUT2D eigenvalue weighted by atomic mass is 10.1. The van der Waals surface area contributed by atoms with Gasteiger partial charge in [0.05, 0.1) is 10.0 Å². The molecule has 0 radical (unpaired) electrons. The van der Waals surface area contributed by atoms with Gasteiger partial charge in [0.25, 0.3) is 0 Å². The summed E-state index contributed by atoms with van der Waals surface area (Å²) in [6.07, 6.45) is 6.72. The minimum atomic E-state index is 0.663. The third-order valence-corrected chi connectivity index (χ3v) is 4.23. The fourth-order valence-electron chi connectivity index (χ4n) is 2.38. The maximum absolute atomic E-state index is 6.23. The van der Waals surface area contributed by atoms with Crippen LogP contribution in [0.15, 0.2) is 18.2 Å². The van der Waals surface area contributed by atoms with Crippen molar-refractivity contribution < 1.29 is 0 Å². The van der Waals surface area contributed by atoms with Crippen molar-refractivity contribution in [2.45, 2.75) is 38.6 Å². The highest BCUT2D eigenvalue weighted by molar-refractivity contribution is 6.42. The van der Waals surface area contributed by atoms with Gasteiger partial charge in [0, 0.05) is 6.54 Å². The first kappa shape index (κ1) is 13.2. The molecule has 0 N–H and O–H groups in total. The molecule has 0 aromatic heterocycles. The van der Waals surface area contributed by atoms with E-state index in [-0.39, 0.29) is 0 Å². The Morgan fingerprint density at radius 2 is 1.59 bits per heavy atom. The number of halogens is 2. The Kier molecular flexibility index (Phi) is 5.15. The average molecular weight is 272 g/mol. The second-order valence-electron chi connectivity index (χ2n) is 4.76. The van der Waals surface area contributed by atoms with Gasteiger partial charge >= 0.3 is 0 Å². The number of rotatable bonds is 2. The van der Waals surface area contributed by atoms with Crippen LogP contribution in [0, 0.1) is 0 Å². The highest BCUT2D eigenvalue weighted by Gasteiger charge is 2.11. The highest BCUT2D eigenvalue weighted by Crippen LogP contribution is 2.27. The Balaban J connectivity index is 2.00. The number of benzene rings is 1. The van der Waals surface area contributed by atoms with E-state index < -0.39 is 0 Å². The first-order chi connectivity index (χ1) is 8.27. The molecule has 0 spiro atoms. The topological polar surface area (TPSA) is 3.24 Å². The molecule has 0 bridgehead atoms. The van der Waals surface area contributed by atoms with Crippen molar-refractivity contribution >= 4 is 23.2 Å². The lowest BCUT2D eigenvalue weighted by molar-refractivity contribution is 0.240. The standard InChI is InChI=1S/C14H19Cl2N/c15-13-8-6-7-12(14(13)16)11-17-9-4-2-1-3-5-10-17/h6-8H,1-5,9-11H2. The van der Waals surface area contributed by atoms with Gasteiger partial charge in [0.15, 0.2) is 0 Å². The smallest absolute Gasteiger partial charge is 0.0637 e. The normalized spacial score (nSPS) is 18.7. The summed E-state index contributed by atoms with van der Waals surface area (Å²) in [5.74, 6) is 0. The van der Waals surface area contributed by atoms with Crippen LogP contribution in [0.2, 0.25) is 10.0 Å². The molecule has 1 aliphatic rings. The third kappa shape index (κ3) is 3.87. The Morgan fingerprint density at radius 1 is 0.941 bits per heavy atom. The predicted octanol–water partition coefficient (Wildman–Crippen LogP) is 4.76. The number of hydrogen-bond acceptors (Lipinski definition) is 1. The van der Waals surface area contributed by atoms with E-state index in [4.69, 9.17) is 23.2 Å². The van der Waals surface area contributed by atoms with Crippen molar-refractivity contribution in [3.8, 4) is 0 Å². The van der Waals surface area contributed by atoms with E-state index in [0.717, 1.165) is 17.1 Å². The first-order valence-corrected chi connectivity index (χ1v) is 7.18. The van der Waals surface area contributed by atoms with Gasteiger partial charge in [0.2, 0.25) is 0 Å². The van der Waals surface area contributed by atoms with Crippen LogP contribution < -0.4 is 0 Å². The molecule has 0 atom stereocenters. The zero-order valence-electron chi connectivity index (χ0n) is 10.1. The molecule has 17 heavy (non-hydrogen) atoms. The van der Waals surface area contributed by atoms with Crippen molar-refractivity contribution in [1.29, 1.82) is 0 Å². The monoisotopic (exact) mass is 271 g/mol. The van der Waals surface area contributed by atoms with Gasteiger partial charge in [-0.2, -0.15) is 0 Å². The van der Waals surface area contributed by atoms with Crippen molar-refractivity contribution in [2.24, 2.45) is 0 Å². The first-order valence-electron chi connectivity index (χ1n) is 6.42. The Hall–Kier alpha value is -0.240. The molecule has 1 fully saturated rings. The molecule has 1 aromatic rings. The highest BCUT2D eigenvalue weighted by atomic mass is 35.5. The van der Waals surface area contributed by atoms with Gasteiger partial charge in [0.1, 0.15) is 0 Å². The minimum Gasteiger partial charge on any atom is -0.299 e. The van der Waals surface area contributed by atoms with Crippen LogP contribution in [0.25, 0.3) is 0 Å². The summed E-state index contributed by atoms with van der Waals surface area (Å²) in [5.41, 5.74) is 1.15. The predicted molar refractivity (Wildman–Crippen MR) is 74.8 cm³/mol. The molecule has 1 aromatic carbocycles. The van der Waals surface area contributed by atoms with Crippen molar-refractivity contribution in [2.75, 3.05) is 13.1 Å². The zero-order chi connectivity index (χ0) is 12.1. The van der Waals surface area contributed by atoms with Crippen LogP contribution in [0.4, 0.5) is 0 Å². The maximum atomic E-state index is 6.23. The summed E-state index contributed by atoms with van der Waals surface area (Å²) in [6, 6.07) is 5.90. The third-order valence-electron chi connectivity index (χ3n) is 3.37. The van der Waals surface area contributed by atoms with Gasteiger partial charge in [-0.05, 0) is 37.6 Å². The molecule has 3 heteroatoms. The van der Waals surface area contributed by atoms with E-state index in [1.165, 1.54) is 45.2 Å². The van der Waals surface area contributed by atoms with Gasteiger partial charge in [-0.1, -0.05) is 54.6 Å². The second kappa shape index (κ2) is 6.63. The van der Waals surface area contributed by atoms with Crippen molar-refractivity contribution in [3.05, 3.63) is 33.8 Å². The van der Waals surface area contributed by atoms with Crippen LogP contribution in [0.1, 0.15) is 37.7 Å². The second-order valence-corrected chi connectivity index (χ2v) is 5.54. The molecule has 94 valence electrons. The quantitative estimate of drug-likeness (QED) is 0.750. The van der Waals surface area contributed by atoms with E-state index >= 15 is 0 Å². The molecular formula is C14H19Cl2N. The summed E-state index contributed by atoms with van der Waals surface area (Å²) in [7, 11) is 0. The summed E-state index contributed by atoms with van der Waals surface area (Å²) in [6.45, 7) is 3.30. The van der Waals surface area contributed by atoms with Crippen LogP contribution >= 0.6 is 23.2 Å². The fraction of sp³-hybridized carbons (Fsp3) is 0.571. The molecule has 0 saturated carbocycles. The maximum Gasteiger partial charge on any atom is 0.0637 e. The van der Waals surface area contributed by atoms with Crippen molar-refractivity contribution in [1.82, 2.24) is 4.90 Å². The minimum absolute atomic E-state index is 0.663. The number of nitrogens with zero attached hydrogens (tertiary/aromatic N) is 1. The van der Waals surface area contributed by atoms with E-state index in [1.807, 2.05) is 12.1 Å². The van der Waals surface area contributed by atoms with Crippen LogP contribution in [0.5, 0.6) is 0 Å².